The smallest absolute Gasteiger partial charge is 0.263 e. The van der Waals surface area contributed by atoms with Crippen molar-refractivity contribution < 1.29 is 4.79 Å². The largest absolute Gasteiger partial charge is 0.351 e. The molecule has 0 spiro atoms. The molecule has 4 aromatic rings. The van der Waals surface area contributed by atoms with Crippen LogP contribution in [-0.4, -0.2) is 27.0 Å². The highest BCUT2D eigenvalue weighted by atomic mass is 32.1. The molecule has 27 heavy (non-hydrogen) atoms. The Morgan fingerprint density at radius 3 is 2.85 bits per heavy atom. The van der Waals surface area contributed by atoms with Crippen molar-refractivity contribution in [1.29, 1.82) is 0 Å². The van der Waals surface area contributed by atoms with Crippen molar-refractivity contribution >= 4 is 39.6 Å². The van der Waals surface area contributed by atoms with Crippen LogP contribution >= 0.6 is 22.7 Å². The molecule has 138 valence electrons. The molecule has 0 aliphatic heterocycles. The summed E-state index contributed by atoms with van der Waals surface area (Å²) in [5.74, 6) is 0.914. The van der Waals surface area contributed by atoms with Crippen LogP contribution in [0.25, 0.3) is 20.9 Å². The summed E-state index contributed by atoms with van der Waals surface area (Å²) in [7, 11) is 0. The number of rotatable bonds is 6. The van der Waals surface area contributed by atoms with E-state index in [9.17, 15) is 4.79 Å². The molecule has 1 aromatic carbocycles. The number of carbonyl (C=O) groups is 1. The maximum Gasteiger partial charge on any atom is 0.263 e. The van der Waals surface area contributed by atoms with Crippen LogP contribution in [0.1, 0.15) is 35.4 Å². The Morgan fingerprint density at radius 2 is 2.07 bits per heavy atom. The second kappa shape index (κ2) is 7.62. The van der Waals surface area contributed by atoms with Crippen LogP contribution in [0.3, 0.4) is 0 Å². The van der Waals surface area contributed by atoms with E-state index in [-0.39, 0.29) is 5.91 Å². The van der Waals surface area contributed by atoms with Crippen molar-refractivity contribution in [2.75, 3.05) is 6.54 Å². The number of para-hydroxylation sites is 2. The normalized spacial score (nSPS) is 11.4. The molecule has 0 saturated heterocycles. The number of hydrogen-bond donors (Lipinski definition) is 1. The molecule has 0 fully saturated rings. The van der Waals surface area contributed by atoms with Gasteiger partial charge in [0.2, 0.25) is 0 Å². The van der Waals surface area contributed by atoms with Gasteiger partial charge in [0.1, 0.15) is 15.7 Å². The number of imidazole rings is 1. The Labute approximate surface area is 165 Å². The molecule has 0 aliphatic rings. The van der Waals surface area contributed by atoms with Gasteiger partial charge >= 0.3 is 0 Å². The van der Waals surface area contributed by atoms with E-state index in [2.05, 4.69) is 34.8 Å². The molecule has 1 N–H and O–H groups in total. The fourth-order valence-corrected chi connectivity index (χ4v) is 4.75. The van der Waals surface area contributed by atoms with Gasteiger partial charge in [-0.05, 0) is 37.4 Å². The van der Waals surface area contributed by atoms with Gasteiger partial charge in [-0.25, -0.2) is 9.97 Å². The lowest BCUT2D eigenvalue weighted by atomic mass is 10.3. The van der Waals surface area contributed by atoms with Gasteiger partial charge in [0.15, 0.2) is 0 Å². The number of nitrogens with zero attached hydrogens (tertiary/aromatic N) is 3. The average molecular weight is 397 g/mol. The SMILES string of the molecule is CC(C)n1c(CCNC(=O)c2cnc(-c3cccs3)s2)nc2ccccc21. The molecule has 3 aromatic heterocycles. The predicted octanol–water partition coefficient (Wildman–Crippen LogP) is 4.77. The summed E-state index contributed by atoms with van der Waals surface area (Å²) in [5.41, 5.74) is 2.13. The molecule has 0 bridgehead atoms. The van der Waals surface area contributed by atoms with Gasteiger partial charge in [-0.2, -0.15) is 0 Å². The topological polar surface area (TPSA) is 59.8 Å². The van der Waals surface area contributed by atoms with Gasteiger partial charge in [-0.15, -0.1) is 22.7 Å². The zero-order valence-corrected chi connectivity index (χ0v) is 16.8. The summed E-state index contributed by atoms with van der Waals surface area (Å²) in [6, 6.07) is 12.5. The van der Waals surface area contributed by atoms with E-state index < -0.39 is 0 Å². The Bertz CT molecular complexity index is 1060. The van der Waals surface area contributed by atoms with Crippen LogP contribution in [0.2, 0.25) is 0 Å². The highest BCUT2D eigenvalue weighted by Crippen LogP contribution is 2.28. The van der Waals surface area contributed by atoms with Crippen LogP contribution in [0.15, 0.2) is 48.0 Å². The van der Waals surface area contributed by atoms with Gasteiger partial charge in [0, 0.05) is 19.0 Å². The molecule has 0 radical (unpaired) electrons. The van der Waals surface area contributed by atoms with Crippen LogP contribution in [0.5, 0.6) is 0 Å². The van der Waals surface area contributed by atoms with Crippen molar-refractivity contribution in [3.8, 4) is 9.88 Å². The van der Waals surface area contributed by atoms with Crippen molar-refractivity contribution in [1.82, 2.24) is 19.9 Å². The minimum atomic E-state index is -0.0810. The quantitative estimate of drug-likeness (QED) is 0.510. The van der Waals surface area contributed by atoms with E-state index >= 15 is 0 Å². The monoisotopic (exact) mass is 396 g/mol. The van der Waals surface area contributed by atoms with Gasteiger partial charge < -0.3 is 9.88 Å². The standard InChI is InChI=1S/C20H20N4OS2/c1-13(2)24-15-7-4-3-6-14(15)23-18(24)9-10-21-19(25)17-12-22-20(27-17)16-8-5-11-26-16/h3-8,11-13H,9-10H2,1-2H3,(H,21,25). The zero-order chi connectivity index (χ0) is 18.8. The second-order valence-corrected chi connectivity index (χ2v) is 8.47. The second-order valence-electron chi connectivity index (χ2n) is 6.49. The van der Waals surface area contributed by atoms with E-state index in [0.29, 0.717) is 23.9 Å². The number of benzene rings is 1. The fourth-order valence-electron chi connectivity index (χ4n) is 3.12. The minimum Gasteiger partial charge on any atom is -0.351 e. The summed E-state index contributed by atoms with van der Waals surface area (Å²) in [5, 5.41) is 5.90. The summed E-state index contributed by atoms with van der Waals surface area (Å²) >= 11 is 3.05. The molecule has 0 atom stereocenters. The van der Waals surface area contributed by atoms with Crippen LogP contribution < -0.4 is 5.32 Å². The lowest BCUT2D eigenvalue weighted by molar-refractivity contribution is 0.0957. The Morgan fingerprint density at radius 1 is 1.22 bits per heavy atom. The van der Waals surface area contributed by atoms with Gasteiger partial charge in [-0.1, -0.05) is 18.2 Å². The first-order valence-electron chi connectivity index (χ1n) is 8.87. The molecular formula is C20H20N4OS2. The summed E-state index contributed by atoms with van der Waals surface area (Å²) in [4.78, 5) is 23.3. The van der Waals surface area contributed by atoms with Gasteiger partial charge in [-0.3, -0.25) is 4.79 Å². The van der Waals surface area contributed by atoms with Gasteiger partial charge in [0.25, 0.3) is 5.91 Å². The van der Waals surface area contributed by atoms with Crippen molar-refractivity contribution in [3.05, 3.63) is 58.7 Å². The Balaban J connectivity index is 1.43. The average Bonchev–Trinajstić information content (AvgIpc) is 3.39. The van der Waals surface area contributed by atoms with E-state index in [4.69, 9.17) is 4.98 Å². The minimum absolute atomic E-state index is 0.0810. The maximum atomic E-state index is 12.4. The van der Waals surface area contributed by atoms with Crippen LogP contribution in [0, 0.1) is 0 Å². The summed E-state index contributed by atoms with van der Waals surface area (Å²) in [6.45, 7) is 4.85. The number of carbonyl (C=O) groups excluding carboxylic acids is 1. The molecule has 7 heteroatoms. The molecule has 0 aliphatic carbocycles. The third kappa shape index (κ3) is 3.65. The fraction of sp³-hybridized carbons (Fsp3) is 0.250. The first kappa shape index (κ1) is 17.9. The Hall–Kier alpha value is -2.51. The molecule has 1 amide bonds. The number of hydrogen-bond acceptors (Lipinski definition) is 5. The Kier molecular flexibility index (Phi) is 5.05. The van der Waals surface area contributed by atoms with Gasteiger partial charge in [0.05, 0.1) is 22.1 Å². The number of thiazole rings is 1. The number of amides is 1. The van der Waals surface area contributed by atoms with E-state index in [1.165, 1.54) is 11.3 Å². The van der Waals surface area contributed by atoms with E-state index in [1.807, 2.05) is 35.7 Å². The van der Waals surface area contributed by atoms with Crippen LogP contribution in [-0.2, 0) is 6.42 Å². The van der Waals surface area contributed by atoms with Crippen molar-refractivity contribution in [2.45, 2.75) is 26.3 Å². The molecule has 3 heterocycles. The lowest BCUT2D eigenvalue weighted by Crippen LogP contribution is -2.26. The van der Waals surface area contributed by atoms with Crippen LogP contribution in [0.4, 0.5) is 0 Å². The summed E-state index contributed by atoms with van der Waals surface area (Å²) < 4.78 is 2.24. The first-order valence-corrected chi connectivity index (χ1v) is 10.6. The number of thiophene rings is 1. The molecule has 0 saturated carbocycles. The molecule has 5 nitrogen and oxygen atoms in total. The molecule has 0 unspecified atom stereocenters. The molecular weight excluding hydrogens is 376 g/mol. The third-order valence-corrected chi connectivity index (χ3v) is 6.32. The number of nitrogens with one attached hydrogen (secondary N) is 1. The number of aromatic nitrogens is 3. The highest BCUT2D eigenvalue weighted by molar-refractivity contribution is 7.21. The summed E-state index contributed by atoms with van der Waals surface area (Å²) in [6.07, 6.45) is 2.34. The predicted molar refractivity (Wildman–Crippen MR) is 112 cm³/mol. The van der Waals surface area contributed by atoms with E-state index in [0.717, 1.165) is 26.7 Å². The maximum absolute atomic E-state index is 12.4. The third-order valence-electron chi connectivity index (χ3n) is 4.28. The number of fused-ring (bicyclic) bond motifs is 1. The zero-order valence-electron chi connectivity index (χ0n) is 15.2. The van der Waals surface area contributed by atoms with E-state index in [1.54, 1.807) is 17.5 Å². The first-order chi connectivity index (χ1) is 13.1. The molecule has 4 rings (SSSR count). The van der Waals surface area contributed by atoms with Crippen molar-refractivity contribution in [3.63, 3.8) is 0 Å². The van der Waals surface area contributed by atoms with Crippen molar-refractivity contribution in [2.24, 2.45) is 0 Å². The lowest BCUT2D eigenvalue weighted by Gasteiger charge is -2.13. The highest BCUT2D eigenvalue weighted by Gasteiger charge is 2.15.